The summed E-state index contributed by atoms with van der Waals surface area (Å²) in [7, 11) is 0. The Morgan fingerprint density at radius 2 is 2.33 bits per heavy atom. The summed E-state index contributed by atoms with van der Waals surface area (Å²) in [6.45, 7) is 3.98. The highest BCUT2D eigenvalue weighted by Crippen LogP contribution is 2.29. The lowest BCUT2D eigenvalue weighted by Gasteiger charge is -2.23. The molecule has 1 aliphatic heterocycles. The van der Waals surface area contributed by atoms with Gasteiger partial charge >= 0.3 is 12.1 Å². The SMILES string of the molecule is CCC(CCN1CCNC1=O)[Si](O)(O)I. The Kier molecular flexibility index (Phi) is 4.81. The molecule has 0 bridgehead atoms. The quantitative estimate of drug-likeness (QED) is 0.387. The molecule has 3 N–H and O–H groups in total. The van der Waals surface area contributed by atoms with E-state index < -0.39 is 6.06 Å². The fraction of sp³-hybridized carbons (Fsp3) is 0.875. The van der Waals surface area contributed by atoms with Gasteiger partial charge in [0.05, 0.1) is 0 Å². The van der Waals surface area contributed by atoms with Crippen LogP contribution in [0.5, 0.6) is 0 Å². The second-order valence-electron chi connectivity index (χ2n) is 3.75. The molecule has 0 aromatic heterocycles. The van der Waals surface area contributed by atoms with Crippen LogP contribution in [0, 0.1) is 0 Å². The molecule has 0 aromatic carbocycles. The van der Waals surface area contributed by atoms with Gasteiger partial charge < -0.3 is 19.8 Å². The van der Waals surface area contributed by atoms with Crippen molar-refractivity contribution in [2.24, 2.45) is 0 Å². The Bertz CT molecular complexity index is 234. The fourth-order valence-electron chi connectivity index (χ4n) is 1.68. The molecule has 0 radical (unpaired) electrons. The molecule has 0 saturated carbocycles. The molecule has 2 amide bonds. The second-order valence-corrected chi connectivity index (χ2v) is 10.6. The number of hydrogen-bond donors (Lipinski definition) is 3. The number of amides is 2. The molecule has 1 fully saturated rings. The number of urea groups is 1. The van der Waals surface area contributed by atoms with E-state index in [0.29, 0.717) is 19.5 Å². The third-order valence-electron chi connectivity index (χ3n) is 2.70. The molecule has 5 nitrogen and oxygen atoms in total. The van der Waals surface area contributed by atoms with Crippen LogP contribution in [0.3, 0.4) is 0 Å². The number of rotatable bonds is 5. The lowest BCUT2D eigenvalue weighted by atomic mass is 10.2. The summed E-state index contributed by atoms with van der Waals surface area (Å²) in [5.74, 6) is 0. The third kappa shape index (κ3) is 3.89. The van der Waals surface area contributed by atoms with Crippen LogP contribution in [-0.2, 0) is 0 Å². The molecule has 1 saturated heterocycles. The molecule has 1 heterocycles. The van der Waals surface area contributed by atoms with Gasteiger partial charge in [0, 0.05) is 25.2 Å². The van der Waals surface area contributed by atoms with Crippen molar-refractivity contribution >= 4 is 33.9 Å². The first kappa shape index (κ1) is 13.2. The maximum Gasteiger partial charge on any atom is 0.405 e. The highest BCUT2D eigenvalue weighted by Gasteiger charge is 2.36. The van der Waals surface area contributed by atoms with Crippen LogP contribution >= 0.6 is 21.8 Å². The number of carbonyl (C=O) groups excluding carboxylic acids is 1. The van der Waals surface area contributed by atoms with E-state index in [0.717, 1.165) is 13.0 Å². The highest BCUT2D eigenvalue weighted by atomic mass is 127. The summed E-state index contributed by atoms with van der Waals surface area (Å²) in [6, 6.07) is -3.11. The third-order valence-corrected chi connectivity index (χ3v) is 7.08. The van der Waals surface area contributed by atoms with E-state index in [1.165, 1.54) is 0 Å². The number of halogens is 1. The van der Waals surface area contributed by atoms with Gasteiger partial charge in [0.15, 0.2) is 0 Å². The Hall–Kier alpha value is 0.137. The molecule has 0 spiro atoms. The monoisotopic (exact) mass is 344 g/mol. The van der Waals surface area contributed by atoms with Crippen molar-refractivity contribution in [3.8, 4) is 0 Å². The van der Waals surface area contributed by atoms with Gasteiger partial charge in [-0.2, -0.15) is 0 Å². The minimum absolute atomic E-state index is 0.0403. The Balaban J connectivity index is 2.37. The summed E-state index contributed by atoms with van der Waals surface area (Å²) in [5, 5.41) is 2.72. The highest BCUT2D eigenvalue weighted by molar-refractivity contribution is 14.1. The van der Waals surface area contributed by atoms with Crippen molar-refractivity contribution in [2.45, 2.75) is 25.3 Å². The van der Waals surface area contributed by atoms with Gasteiger partial charge in [-0.15, -0.1) is 0 Å². The summed E-state index contributed by atoms with van der Waals surface area (Å²) in [6.07, 6.45) is 1.42. The van der Waals surface area contributed by atoms with Gasteiger partial charge in [0.25, 0.3) is 0 Å². The Morgan fingerprint density at radius 1 is 1.67 bits per heavy atom. The Morgan fingerprint density at radius 3 is 2.73 bits per heavy atom. The lowest BCUT2D eigenvalue weighted by Crippen LogP contribution is -2.36. The summed E-state index contributed by atoms with van der Waals surface area (Å²) >= 11 is 1.76. The van der Waals surface area contributed by atoms with E-state index in [-0.39, 0.29) is 11.6 Å². The molecular weight excluding hydrogens is 327 g/mol. The summed E-state index contributed by atoms with van der Waals surface area (Å²) in [4.78, 5) is 32.1. The molecule has 1 rings (SSSR count). The van der Waals surface area contributed by atoms with Crippen molar-refractivity contribution in [3.63, 3.8) is 0 Å². The van der Waals surface area contributed by atoms with E-state index in [1.807, 2.05) is 6.92 Å². The average molecular weight is 344 g/mol. The van der Waals surface area contributed by atoms with Crippen LogP contribution < -0.4 is 5.32 Å². The average Bonchev–Trinajstić information content (AvgIpc) is 2.50. The predicted molar refractivity (Wildman–Crippen MR) is 67.8 cm³/mol. The molecule has 15 heavy (non-hydrogen) atoms. The molecule has 1 unspecified atom stereocenters. The fourth-order valence-corrected chi connectivity index (χ4v) is 4.95. The maximum atomic E-state index is 11.2. The first-order valence-corrected chi connectivity index (χ1v) is 10.2. The van der Waals surface area contributed by atoms with Crippen LogP contribution in [0.25, 0.3) is 0 Å². The van der Waals surface area contributed by atoms with Crippen molar-refractivity contribution in [1.29, 1.82) is 0 Å². The van der Waals surface area contributed by atoms with Crippen molar-refractivity contribution in [1.82, 2.24) is 10.2 Å². The molecule has 0 aliphatic carbocycles. The zero-order chi connectivity index (χ0) is 11.5. The lowest BCUT2D eigenvalue weighted by molar-refractivity contribution is 0.215. The topological polar surface area (TPSA) is 72.8 Å². The predicted octanol–water partition coefficient (Wildman–Crippen LogP) is 0.540. The first-order chi connectivity index (χ1) is 6.95. The van der Waals surface area contributed by atoms with Gasteiger partial charge in [0.1, 0.15) is 0 Å². The Labute approximate surface area is 103 Å². The van der Waals surface area contributed by atoms with Gasteiger partial charge in [0.2, 0.25) is 0 Å². The van der Waals surface area contributed by atoms with Crippen LogP contribution in [0.2, 0.25) is 5.54 Å². The number of nitrogens with one attached hydrogen (secondary N) is 1. The molecule has 0 aromatic rings. The molecule has 1 atom stereocenters. The van der Waals surface area contributed by atoms with Gasteiger partial charge in [-0.25, -0.2) is 4.79 Å². The standard InChI is InChI=1S/C8H17IN2O3Si/c1-2-7(15(9,13)14)3-5-11-6-4-10-8(11)12/h7,13-14H,2-6H2,1H3,(H,10,12). The van der Waals surface area contributed by atoms with Crippen molar-refractivity contribution in [3.05, 3.63) is 0 Å². The molecule has 7 heteroatoms. The van der Waals surface area contributed by atoms with Gasteiger partial charge in [-0.05, 0) is 28.2 Å². The zero-order valence-electron chi connectivity index (χ0n) is 8.74. The number of carbonyl (C=O) groups is 1. The number of hydrogen-bond acceptors (Lipinski definition) is 3. The van der Waals surface area contributed by atoms with Gasteiger partial charge in [-0.1, -0.05) is 13.3 Å². The van der Waals surface area contributed by atoms with Crippen LogP contribution in [0.15, 0.2) is 0 Å². The van der Waals surface area contributed by atoms with Crippen molar-refractivity contribution in [2.75, 3.05) is 19.6 Å². The van der Waals surface area contributed by atoms with Crippen LogP contribution in [0.1, 0.15) is 19.8 Å². The van der Waals surface area contributed by atoms with E-state index in [2.05, 4.69) is 5.32 Å². The molecule has 88 valence electrons. The van der Waals surface area contributed by atoms with E-state index >= 15 is 0 Å². The first-order valence-electron chi connectivity index (χ1n) is 5.11. The van der Waals surface area contributed by atoms with Crippen LogP contribution in [0.4, 0.5) is 4.79 Å². The normalized spacial score (nSPS) is 19.2. The summed E-state index contributed by atoms with van der Waals surface area (Å²) in [5.41, 5.74) is -0.0634. The molecule has 1 aliphatic rings. The minimum atomic E-state index is -3.07. The van der Waals surface area contributed by atoms with Gasteiger partial charge in [-0.3, -0.25) is 0 Å². The summed E-state index contributed by atoms with van der Waals surface area (Å²) < 4.78 is 0. The van der Waals surface area contributed by atoms with E-state index in [9.17, 15) is 14.4 Å². The minimum Gasteiger partial charge on any atom is -0.403 e. The van der Waals surface area contributed by atoms with E-state index in [1.54, 1.807) is 26.7 Å². The van der Waals surface area contributed by atoms with Crippen LogP contribution in [-0.4, -0.2) is 46.2 Å². The second kappa shape index (κ2) is 5.46. The molecular formula is C8H17IN2O3Si. The zero-order valence-corrected chi connectivity index (χ0v) is 11.9. The van der Waals surface area contributed by atoms with Crippen molar-refractivity contribution < 1.29 is 14.4 Å². The largest absolute Gasteiger partial charge is 0.405 e. The smallest absolute Gasteiger partial charge is 0.403 e. The maximum absolute atomic E-state index is 11.2. The number of nitrogens with zero attached hydrogens (tertiary/aromatic N) is 1. The van der Waals surface area contributed by atoms with E-state index in [4.69, 9.17) is 0 Å².